The zero-order valence-electron chi connectivity index (χ0n) is 14.9. The van der Waals surface area contributed by atoms with Crippen LogP contribution in [0.5, 0.6) is 5.75 Å². The molecule has 5 N–H and O–H groups in total. The second-order valence-electron chi connectivity index (χ2n) is 6.20. The van der Waals surface area contributed by atoms with Crippen LogP contribution in [0.1, 0.15) is 13.8 Å². The third-order valence-corrected chi connectivity index (χ3v) is 5.26. The molecule has 0 aliphatic heterocycles. The molecule has 0 radical (unpaired) electrons. The highest BCUT2D eigenvalue weighted by Gasteiger charge is 2.27. The van der Waals surface area contributed by atoms with Crippen molar-refractivity contribution in [3.63, 3.8) is 0 Å². The molecule has 27 heavy (non-hydrogen) atoms. The number of carboxylic acid groups (broad SMARTS) is 1. The molecular weight excluding hydrogens is 372 g/mol. The van der Waals surface area contributed by atoms with Gasteiger partial charge in [0.05, 0.1) is 4.90 Å². The molecule has 0 fully saturated rings. The number of carboxylic acids is 1. The van der Waals surface area contributed by atoms with E-state index < -0.39 is 34.0 Å². The summed E-state index contributed by atoms with van der Waals surface area (Å²) in [5, 5.41) is 9.16. The number of carbonyl (C=O) groups excluding carboxylic acids is 1. The number of hydrogen-bond acceptors (Lipinski definition) is 5. The average Bonchev–Trinajstić information content (AvgIpc) is 2.59. The predicted molar refractivity (Wildman–Crippen MR) is 97.4 cm³/mol. The summed E-state index contributed by atoms with van der Waals surface area (Å²) in [6.07, 6.45) is -0.661. The molecule has 2 aromatic carbocycles. The van der Waals surface area contributed by atoms with E-state index in [0.717, 1.165) is 11.1 Å². The summed E-state index contributed by atoms with van der Waals surface area (Å²) < 4.78 is 31.9. The molecule has 0 heterocycles. The molecule has 0 unspecified atom stereocenters. The van der Waals surface area contributed by atoms with Gasteiger partial charge in [-0.1, -0.05) is 38.1 Å². The molecule has 144 valence electrons. The molecule has 0 saturated heterocycles. The normalized spacial score (nSPS) is 12.6. The first-order valence-electron chi connectivity index (χ1n) is 8.09. The molecule has 2 rings (SSSR count). The summed E-state index contributed by atoms with van der Waals surface area (Å²) >= 11 is 0. The van der Waals surface area contributed by atoms with E-state index in [9.17, 15) is 18.0 Å². The topological polar surface area (TPSA) is 137 Å². The third-order valence-electron chi connectivity index (χ3n) is 3.80. The number of nitrogens with one attached hydrogen (secondary N) is 1. The van der Waals surface area contributed by atoms with Crippen molar-refractivity contribution in [2.45, 2.75) is 24.8 Å². The molecule has 0 aliphatic rings. The van der Waals surface area contributed by atoms with Crippen molar-refractivity contribution in [2.24, 2.45) is 5.92 Å². The Hall–Kier alpha value is -2.75. The van der Waals surface area contributed by atoms with Crippen molar-refractivity contribution < 1.29 is 33.6 Å². The van der Waals surface area contributed by atoms with E-state index in [1.165, 1.54) is 12.1 Å². The standard InChI is InChI=1S/C18H20N2O6S/c1-11(2)16(17(21)22)20-27(24,25)15-9-5-13(6-10-15)12-3-7-14(8-4-12)26-18(19)23/h3-11,16,20H,1-2H3,(H2,19,23)(H,21,22)/p+1/t16-/m1/s1. The molecule has 0 spiro atoms. The van der Waals surface area contributed by atoms with Gasteiger partial charge in [0, 0.05) is 0 Å². The monoisotopic (exact) mass is 393 g/mol. The number of aliphatic carboxylic acids is 1. The van der Waals surface area contributed by atoms with Crippen molar-refractivity contribution in [3.05, 3.63) is 48.5 Å². The van der Waals surface area contributed by atoms with E-state index in [1.54, 1.807) is 50.2 Å². The van der Waals surface area contributed by atoms with E-state index in [-0.39, 0.29) is 4.90 Å². The number of benzene rings is 2. The first kappa shape index (κ1) is 20.6. The quantitative estimate of drug-likeness (QED) is 0.651. The first-order chi connectivity index (χ1) is 12.6. The number of sulfonamides is 1. The van der Waals surface area contributed by atoms with Crippen molar-refractivity contribution in [1.82, 2.24) is 4.72 Å². The van der Waals surface area contributed by atoms with Crippen LogP contribution in [-0.2, 0) is 14.8 Å². The Morgan fingerprint density at radius 2 is 1.48 bits per heavy atom. The maximum absolute atomic E-state index is 12.4. The van der Waals surface area contributed by atoms with E-state index in [4.69, 9.17) is 9.84 Å². The Morgan fingerprint density at radius 3 is 1.89 bits per heavy atom. The maximum atomic E-state index is 12.4. The second kappa shape index (κ2) is 8.30. The molecule has 2 aromatic rings. The van der Waals surface area contributed by atoms with Crippen molar-refractivity contribution in [2.75, 3.05) is 0 Å². The van der Waals surface area contributed by atoms with Crippen molar-refractivity contribution >= 4 is 22.1 Å². The summed E-state index contributed by atoms with van der Waals surface area (Å²) in [7, 11) is -3.96. The van der Waals surface area contributed by atoms with Crippen LogP contribution in [-0.4, -0.2) is 31.6 Å². The highest BCUT2D eigenvalue weighted by atomic mass is 32.2. The fourth-order valence-corrected chi connectivity index (χ4v) is 3.72. The third kappa shape index (κ3) is 5.36. The molecule has 0 saturated carbocycles. The van der Waals surface area contributed by atoms with Gasteiger partial charge in [0.1, 0.15) is 11.8 Å². The smallest absolute Gasteiger partial charge is 0.480 e. The van der Waals surface area contributed by atoms with Gasteiger partial charge in [0.25, 0.3) is 0 Å². The van der Waals surface area contributed by atoms with Gasteiger partial charge in [-0.2, -0.15) is 9.52 Å². The number of carbonyl (C=O) groups is 2. The molecule has 0 aromatic heterocycles. The lowest BCUT2D eigenvalue weighted by molar-refractivity contribution is -0.271. The van der Waals surface area contributed by atoms with Crippen LogP contribution in [0.2, 0.25) is 0 Å². The van der Waals surface area contributed by atoms with Crippen molar-refractivity contribution in [3.8, 4) is 16.9 Å². The van der Waals surface area contributed by atoms with E-state index in [2.05, 4.69) is 10.5 Å². The lowest BCUT2D eigenvalue weighted by Crippen LogP contribution is -2.58. The van der Waals surface area contributed by atoms with Gasteiger partial charge < -0.3 is 9.84 Å². The molecule has 1 atom stereocenters. The second-order valence-corrected chi connectivity index (χ2v) is 7.92. The van der Waals surface area contributed by atoms with Crippen LogP contribution in [0.3, 0.4) is 0 Å². The van der Waals surface area contributed by atoms with Gasteiger partial charge in [-0.15, -0.1) is 0 Å². The molecule has 9 heteroatoms. The fourth-order valence-electron chi connectivity index (χ4n) is 2.38. The number of quaternary nitrogens is 1. The van der Waals surface area contributed by atoms with E-state index in [0.29, 0.717) is 5.75 Å². The zero-order chi connectivity index (χ0) is 20.2. The molecule has 1 amide bonds. The largest absolute Gasteiger partial charge is 0.516 e. The van der Waals surface area contributed by atoms with Crippen LogP contribution in [0.15, 0.2) is 53.4 Å². The molecule has 0 bridgehead atoms. The van der Waals surface area contributed by atoms with Gasteiger partial charge in [-0.05, 0) is 41.3 Å². The Morgan fingerprint density at radius 1 is 1.00 bits per heavy atom. The highest BCUT2D eigenvalue weighted by molar-refractivity contribution is 7.89. The van der Waals surface area contributed by atoms with Gasteiger partial charge in [0.15, 0.2) is 0 Å². The number of amides is 1. The first-order valence-corrected chi connectivity index (χ1v) is 9.58. The van der Waals surface area contributed by atoms with Crippen LogP contribution >= 0.6 is 0 Å². The Labute approximate surface area is 157 Å². The summed E-state index contributed by atoms with van der Waals surface area (Å²) in [5.74, 6) is -1.27. The lowest BCUT2D eigenvalue weighted by Gasteiger charge is -2.18. The van der Waals surface area contributed by atoms with Crippen molar-refractivity contribution in [1.29, 1.82) is 0 Å². The van der Waals surface area contributed by atoms with Crippen LogP contribution in [0.4, 0.5) is 4.79 Å². The summed E-state index contributed by atoms with van der Waals surface area (Å²) in [4.78, 5) is 22.0. The molecule has 0 aliphatic carbocycles. The van der Waals surface area contributed by atoms with E-state index >= 15 is 0 Å². The summed E-state index contributed by atoms with van der Waals surface area (Å²) in [5.41, 5.74) is 4.67. The van der Waals surface area contributed by atoms with Gasteiger partial charge >= 0.3 is 12.1 Å². The van der Waals surface area contributed by atoms with Gasteiger partial charge in [-0.25, -0.2) is 8.42 Å². The van der Waals surface area contributed by atoms with Crippen LogP contribution in [0.25, 0.3) is 11.1 Å². The number of hydrogen-bond donors (Lipinski definition) is 3. The summed E-state index contributed by atoms with van der Waals surface area (Å²) in [6.45, 7) is 3.25. The minimum atomic E-state index is -3.96. The van der Waals surface area contributed by atoms with Gasteiger partial charge in [-0.3, -0.25) is 10.5 Å². The summed E-state index contributed by atoms with van der Waals surface area (Å²) in [6, 6.07) is 11.5. The Bertz CT molecular complexity index is 921. The number of ether oxygens (including phenoxy) is 1. The van der Waals surface area contributed by atoms with Crippen LogP contribution in [0, 0.1) is 5.92 Å². The maximum Gasteiger partial charge on any atom is 0.516 e. The Kier molecular flexibility index (Phi) is 6.32. The fraction of sp³-hybridized carbons (Fsp3) is 0.222. The molecular formula is C18H21N2O6S+. The van der Waals surface area contributed by atoms with E-state index in [1.807, 2.05) is 0 Å². The SMILES string of the molecule is CC(C)[C@@H](NS(=O)(=O)c1ccc(-c2ccc(OC([NH3+])=O)cc2)cc1)C(=O)O. The average molecular weight is 393 g/mol. The zero-order valence-corrected chi connectivity index (χ0v) is 15.7. The Balaban J connectivity index is 2.21. The van der Waals surface area contributed by atoms with Gasteiger partial charge in [0.2, 0.25) is 10.0 Å². The molecule has 8 nitrogen and oxygen atoms in total. The predicted octanol–water partition coefficient (Wildman–Crippen LogP) is 1.48. The minimum absolute atomic E-state index is 0.0271. The van der Waals surface area contributed by atoms with Crippen LogP contribution < -0.4 is 15.2 Å². The minimum Gasteiger partial charge on any atom is -0.480 e. The highest BCUT2D eigenvalue weighted by Crippen LogP contribution is 2.24. The lowest BCUT2D eigenvalue weighted by atomic mass is 10.1. The number of rotatable bonds is 7.